The Kier molecular flexibility index (Phi) is 6.39. The molecule has 31 heavy (non-hydrogen) atoms. The number of amides is 1. The van der Waals surface area contributed by atoms with Crippen LogP contribution in [0.3, 0.4) is 0 Å². The van der Waals surface area contributed by atoms with Crippen LogP contribution in [0.25, 0.3) is 5.57 Å². The molecule has 164 valence electrons. The van der Waals surface area contributed by atoms with Crippen molar-refractivity contribution in [2.24, 2.45) is 0 Å². The van der Waals surface area contributed by atoms with Gasteiger partial charge >= 0.3 is 0 Å². The van der Waals surface area contributed by atoms with E-state index in [0.29, 0.717) is 13.2 Å². The summed E-state index contributed by atoms with van der Waals surface area (Å²) in [5.74, 6) is -0.316. The van der Waals surface area contributed by atoms with Gasteiger partial charge < -0.3 is 15.0 Å². The van der Waals surface area contributed by atoms with Crippen molar-refractivity contribution < 1.29 is 9.53 Å². The molecule has 0 aliphatic carbocycles. The lowest BCUT2D eigenvalue weighted by Gasteiger charge is -2.35. The van der Waals surface area contributed by atoms with Gasteiger partial charge in [-0.3, -0.25) is 14.5 Å². The summed E-state index contributed by atoms with van der Waals surface area (Å²) >= 11 is 0. The Labute approximate surface area is 183 Å². The standard InChI is InChI=1S/C25H31N3O3/c1-25(2)16-20(12-15-31-25)26-23(29)22-9-8-21(27-24(22)30)17-28-13-10-19(11-14-28)18-6-4-3-5-7-18/h3-10,20H,11-17H2,1-2H3,(H,26,29)(H,27,30)/t20-/m1/s1. The predicted octanol–water partition coefficient (Wildman–Crippen LogP) is 3.35. The van der Waals surface area contributed by atoms with Gasteiger partial charge in [0.1, 0.15) is 5.56 Å². The van der Waals surface area contributed by atoms with E-state index in [-0.39, 0.29) is 28.7 Å². The smallest absolute Gasteiger partial charge is 0.261 e. The highest BCUT2D eigenvalue weighted by molar-refractivity contribution is 5.94. The van der Waals surface area contributed by atoms with E-state index in [1.165, 1.54) is 11.1 Å². The van der Waals surface area contributed by atoms with Crippen LogP contribution in [0.1, 0.15) is 54.7 Å². The van der Waals surface area contributed by atoms with Crippen molar-refractivity contribution in [3.8, 4) is 0 Å². The molecule has 6 nitrogen and oxygen atoms in total. The van der Waals surface area contributed by atoms with Gasteiger partial charge in [0, 0.05) is 38.0 Å². The highest BCUT2D eigenvalue weighted by Crippen LogP contribution is 2.24. The minimum absolute atomic E-state index is 0.0225. The molecule has 1 fully saturated rings. The molecule has 0 spiro atoms. The lowest BCUT2D eigenvalue weighted by Crippen LogP contribution is -2.46. The normalized spacial score (nSPS) is 21.4. The van der Waals surface area contributed by atoms with Gasteiger partial charge in [-0.2, -0.15) is 0 Å². The fraction of sp³-hybridized carbons (Fsp3) is 0.440. The minimum Gasteiger partial charge on any atom is -0.375 e. The fourth-order valence-electron chi connectivity index (χ4n) is 4.41. The number of aromatic amines is 1. The first-order chi connectivity index (χ1) is 14.9. The van der Waals surface area contributed by atoms with Gasteiger partial charge in [-0.05, 0) is 56.4 Å². The monoisotopic (exact) mass is 421 g/mol. The van der Waals surface area contributed by atoms with E-state index in [1.54, 1.807) is 6.07 Å². The first kappa shape index (κ1) is 21.5. The van der Waals surface area contributed by atoms with Gasteiger partial charge in [0.15, 0.2) is 0 Å². The van der Waals surface area contributed by atoms with Gasteiger partial charge in [0.2, 0.25) is 0 Å². The first-order valence-electron chi connectivity index (χ1n) is 11.0. The highest BCUT2D eigenvalue weighted by Gasteiger charge is 2.30. The maximum absolute atomic E-state index is 12.6. The summed E-state index contributed by atoms with van der Waals surface area (Å²) in [4.78, 5) is 30.4. The summed E-state index contributed by atoms with van der Waals surface area (Å²) in [5, 5.41) is 3.00. The second kappa shape index (κ2) is 9.20. The number of nitrogens with zero attached hydrogens (tertiary/aromatic N) is 1. The SMILES string of the molecule is CC1(C)C[C@H](NC(=O)c2ccc(CN3CC=C(c4ccccc4)CC3)[nH]c2=O)CCO1. The Morgan fingerprint density at radius 2 is 2.03 bits per heavy atom. The van der Waals surface area contributed by atoms with Crippen molar-refractivity contribution in [2.75, 3.05) is 19.7 Å². The van der Waals surface area contributed by atoms with E-state index in [2.05, 4.69) is 45.5 Å². The lowest BCUT2D eigenvalue weighted by atomic mass is 9.94. The van der Waals surface area contributed by atoms with E-state index < -0.39 is 0 Å². The number of benzene rings is 1. The zero-order chi connectivity index (χ0) is 21.8. The molecular weight excluding hydrogens is 390 g/mol. The van der Waals surface area contributed by atoms with Crippen LogP contribution in [0.2, 0.25) is 0 Å². The van der Waals surface area contributed by atoms with E-state index >= 15 is 0 Å². The number of ether oxygens (including phenoxy) is 1. The highest BCUT2D eigenvalue weighted by atomic mass is 16.5. The van der Waals surface area contributed by atoms with Crippen LogP contribution in [-0.2, 0) is 11.3 Å². The second-order valence-electron chi connectivity index (χ2n) is 9.08. The van der Waals surface area contributed by atoms with E-state index in [0.717, 1.165) is 38.0 Å². The molecular formula is C25H31N3O3. The largest absolute Gasteiger partial charge is 0.375 e. The minimum atomic E-state index is -0.334. The van der Waals surface area contributed by atoms with Gasteiger partial charge in [0.25, 0.3) is 11.5 Å². The average molecular weight is 422 g/mol. The van der Waals surface area contributed by atoms with E-state index in [4.69, 9.17) is 4.74 Å². The third-order valence-electron chi connectivity index (χ3n) is 6.08. The Morgan fingerprint density at radius 1 is 1.23 bits per heavy atom. The Bertz CT molecular complexity index is 1010. The number of nitrogens with one attached hydrogen (secondary N) is 2. The molecule has 0 saturated carbocycles. The number of carbonyl (C=O) groups excluding carboxylic acids is 1. The number of pyridine rings is 1. The molecule has 0 radical (unpaired) electrons. The maximum Gasteiger partial charge on any atom is 0.261 e. The Hall–Kier alpha value is -2.70. The predicted molar refractivity (Wildman–Crippen MR) is 122 cm³/mol. The number of hydrogen-bond acceptors (Lipinski definition) is 4. The van der Waals surface area contributed by atoms with Crippen LogP contribution >= 0.6 is 0 Å². The summed E-state index contributed by atoms with van der Waals surface area (Å²) in [6.45, 7) is 7.09. The summed E-state index contributed by atoms with van der Waals surface area (Å²) in [6.07, 6.45) is 4.74. The molecule has 0 bridgehead atoms. The van der Waals surface area contributed by atoms with Crippen molar-refractivity contribution in [3.63, 3.8) is 0 Å². The van der Waals surface area contributed by atoms with Crippen LogP contribution in [0.4, 0.5) is 0 Å². The van der Waals surface area contributed by atoms with Crippen LogP contribution in [0, 0.1) is 0 Å². The quantitative estimate of drug-likeness (QED) is 0.777. The number of H-pyrrole nitrogens is 1. The maximum atomic E-state index is 12.6. The Morgan fingerprint density at radius 3 is 2.71 bits per heavy atom. The van der Waals surface area contributed by atoms with E-state index in [9.17, 15) is 9.59 Å². The number of carbonyl (C=O) groups is 1. The molecule has 1 atom stereocenters. The van der Waals surface area contributed by atoms with Gasteiger partial charge in [-0.25, -0.2) is 0 Å². The molecule has 2 aliphatic rings. The average Bonchev–Trinajstić information content (AvgIpc) is 2.74. The van der Waals surface area contributed by atoms with Crippen LogP contribution in [-0.4, -0.2) is 47.1 Å². The van der Waals surface area contributed by atoms with Crippen molar-refractivity contribution in [3.05, 3.63) is 75.7 Å². The number of hydrogen-bond donors (Lipinski definition) is 2. The molecule has 6 heteroatoms. The molecule has 2 N–H and O–H groups in total. The fourth-order valence-corrected chi connectivity index (χ4v) is 4.41. The third-order valence-corrected chi connectivity index (χ3v) is 6.08. The third kappa shape index (κ3) is 5.51. The molecule has 2 aliphatic heterocycles. The molecule has 3 heterocycles. The molecule has 2 aromatic rings. The van der Waals surface area contributed by atoms with Gasteiger partial charge in [0.05, 0.1) is 5.60 Å². The van der Waals surface area contributed by atoms with E-state index in [1.807, 2.05) is 26.0 Å². The van der Waals surface area contributed by atoms with Crippen molar-refractivity contribution in [1.29, 1.82) is 0 Å². The first-order valence-corrected chi connectivity index (χ1v) is 11.0. The molecule has 1 aromatic heterocycles. The molecule has 0 unspecified atom stereocenters. The van der Waals surface area contributed by atoms with Crippen molar-refractivity contribution in [2.45, 2.75) is 51.3 Å². The van der Waals surface area contributed by atoms with Gasteiger partial charge in [-0.15, -0.1) is 0 Å². The van der Waals surface area contributed by atoms with Gasteiger partial charge in [-0.1, -0.05) is 36.4 Å². The summed E-state index contributed by atoms with van der Waals surface area (Å²) in [5.41, 5.74) is 3.05. The molecule has 1 aromatic carbocycles. The number of aromatic nitrogens is 1. The summed E-state index contributed by atoms with van der Waals surface area (Å²) in [6, 6.07) is 14.0. The molecule has 4 rings (SSSR count). The topological polar surface area (TPSA) is 74.4 Å². The van der Waals surface area contributed by atoms with Crippen LogP contribution in [0.15, 0.2) is 53.3 Å². The summed E-state index contributed by atoms with van der Waals surface area (Å²) in [7, 11) is 0. The number of rotatable bonds is 5. The second-order valence-corrected chi connectivity index (χ2v) is 9.08. The summed E-state index contributed by atoms with van der Waals surface area (Å²) < 4.78 is 5.70. The van der Waals surface area contributed by atoms with Crippen molar-refractivity contribution in [1.82, 2.24) is 15.2 Å². The van der Waals surface area contributed by atoms with Crippen LogP contribution in [0.5, 0.6) is 0 Å². The van der Waals surface area contributed by atoms with Crippen LogP contribution < -0.4 is 10.9 Å². The molecule has 1 saturated heterocycles. The van der Waals surface area contributed by atoms with Crippen molar-refractivity contribution >= 4 is 11.5 Å². The zero-order valence-electron chi connectivity index (χ0n) is 18.3. The Balaban J connectivity index is 1.35. The lowest BCUT2D eigenvalue weighted by molar-refractivity contribution is -0.0615. The molecule has 1 amide bonds. The zero-order valence-corrected chi connectivity index (χ0v) is 18.3.